The van der Waals surface area contributed by atoms with Gasteiger partial charge in [0.2, 0.25) is 0 Å². The van der Waals surface area contributed by atoms with Crippen LogP contribution in [0.1, 0.15) is 49.4 Å². The summed E-state index contributed by atoms with van der Waals surface area (Å²) in [6, 6.07) is 6.92. The fourth-order valence-electron chi connectivity index (χ4n) is 6.05. The summed E-state index contributed by atoms with van der Waals surface area (Å²) in [4.78, 5) is 29.0. The number of ketones is 1. The van der Waals surface area contributed by atoms with Gasteiger partial charge in [-0.2, -0.15) is 0 Å². The number of carbonyl (C=O) groups excluding carboxylic acids is 2. The molecule has 0 saturated heterocycles. The second-order valence-corrected chi connectivity index (χ2v) is 10.3. The second-order valence-electron chi connectivity index (χ2n) is 9.86. The standard InChI is InChI=1S/C27H31ClN2O4/c1-2-30(15-17-5-6-17)23-14-19(4-3-13-31)21-16-34-25-22(32)11-12-27(23,24(21)25)29-26(33)18-7-9-20(28)10-8-18/h3-4,7-10,13,16-17,23-25,31H,2,5-6,11-12,14-15H2,1H3,(H,29,33)/b13-3+,19-4-/t23-,24?,25?,27?/m1/s1. The Hall–Kier alpha value is -2.57. The Morgan fingerprint density at radius 2 is 2.09 bits per heavy atom. The molecule has 7 heteroatoms. The lowest BCUT2D eigenvalue weighted by Crippen LogP contribution is -2.72. The third-order valence-electron chi connectivity index (χ3n) is 7.89. The van der Waals surface area contributed by atoms with Gasteiger partial charge in [0.1, 0.15) is 0 Å². The maximum atomic E-state index is 13.6. The SMILES string of the molecule is CCN(CC1CC1)[C@@H]1C/C(=C/C=C/O)C2=COC3C(=O)CCC1(NC(=O)c1ccc(Cl)cc1)C23. The van der Waals surface area contributed by atoms with Crippen molar-refractivity contribution in [3.63, 3.8) is 0 Å². The summed E-state index contributed by atoms with van der Waals surface area (Å²) in [6.07, 6.45) is 9.76. The van der Waals surface area contributed by atoms with Gasteiger partial charge in [-0.25, -0.2) is 0 Å². The Kier molecular flexibility index (Phi) is 6.30. The summed E-state index contributed by atoms with van der Waals surface area (Å²) in [6.45, 7) is 4.00. The van der Waals surface area contributed by atoms with Crippen molar-refractivity contribution in [3.8, 4) is 0 Å². The van der Waals surface area contributed by atoms with Crippen LogP contribution in [0.5, 0.6) is 0 Å². The molecule has 2 N–H and O–H groups in total. The fourth-order valence-corrected chi connectivity index (χ4v) is 6.18. The van der Waals surface area contributed by atoms with E-state index in [4.69, 9.17) is 16.3 Å². The molecule has 5 rings (SSSR count). The second kappa shape index (κ2) is 9.23. The van der Waals surface area contributed by atoms with Crippen molar-refractivity contribution in [2.75, 3.05) is 13.1 Å². The molecule has 0 spiro atoms. The van der Waals surface area contributed by atoms with Crippen molar-refractivity contribution in [1.29, 1.82) is 0 Å². The average molecular weight is 483 g/mol. The zero-order chi connectivity index (χ0) is 23.9. The van der Waals surface area contributed by atoms with Crippen LogP contribution in [0.15, 0.2) is 60.1 Å². The smallest absolute Gasteiger partial charge is 0.251 e. The van der Waals surface area contributed by atoms with Crippen molar-refractivity contribution < 1.29 is 19.4 Å². The molecule has 6 nitrogen and oxygen atoms in total. The molecule has 4 aliphatic rings. The molecule has 1 aromatic carbocycles. The monoisotopic (exact) mass is 482 g/mol. The van der Waals surface area contributed by atoms with E-state index >= 15 is 0 Å². The maximum Gasteiger partial charge on any atom is 0.251 e. The predicted molar refractivity (Wildman–Crippen MR) is 131 cm³/mol. The number of nitrogens with zero attached hydrogens (tertiary/aromatic N) is 1. The van der Waals surface area contributed by atoms with E-state index < -0.39 is 11.6 Å². The summed E-state index contributed by atoms with van der Waals surface area (Å²) in [5.41, 5.74) is 1.91. The maximum absolute atomic E-state index is 13.6. The largest absolute Gasteiger partial charge is 0.516 e. The minimum absolute atomic E-state index is 0.00661. The van der Waals surface area contributed by atoms with Crippen molar-refractivity contribution in [3.05, 3.63) is 70.7 Å². The van der Waals surface area contributed by atoms with Gasteiger partial charge in [0.05, 0.1) is 24.0 Å². The molecule has 180 valence electrons. The van der Waals surface area contributed by atoms with Gasteiger partial charge in [-0.15, -0.1) is 0 Å². The molecule has 0 bridgehead atoms. The number of rotatable bonds is 7. The average Bonchev–Trinajstić information content (AvgIpc) is 3.54. The van der Waals surface area contributed by atoms with Crippen LogP contribution in [-0.2, 0) is 9.53 Å². The molecule has 4 atom stereocenters. The first kappa shape index (κ1) is 23.2. The first-order chi connectivity index (χ1) is 16.5. The molecule has 1 aromatic rings. The molecular weight excluding hydrogens is 452 g/mol. The Morgan fingerprint density at radius 1 is 1.32 bits per heavy atom. The zero-order valence-corrected chi connectivity index (χ0v) is 20.1. The molecule has 0 aromatic heterocycles. The number of ether oxygens (including phenoxy) is 1. The highest BCUT2D eigenvalue weighted by Crippen LogP contribution is 2.53. The number of likely N-dealkylation sites (N-methyl/N-ethyl adjacent to an activating group) is 1. The van der Waals surface area contributed by atoms with E-state index in [2.05, 4.69) is 17.1 Å². The highest BCUT2D eigenvalue weighted by molar-refractivity contribution is 6.30. The van der Waals surface area contributed by atoms with Crippen LogP contribution >= 0.6 is 11.6 Å². The fraction of sp³-hybridized carbons (Fsp3) is 0.481. The van der Waals surface area contributed by atoms with Gasteiger partial charge in [0.25, 0.3) is 5.91 Å². The number of hydrogen-bond acceptors (Lipinski definition) is 5. The number of benzene rings is 1. The number of nitrogens with one attached hydrogen (secondary N) is 1. The Morgan fingerprint density at radius 3 is 2.76 bits per heavy atom. The molecule has 1 amide bonds. The Bertz CT molecular complexity index is 1060. The van der Waals surface area contributed by atoms with Crippen LogP contribution in [-0.4, -0.2) is 52.5 Å². The summed E-state index contributed by atoms with van der Waals surface area (Å²) in [7, 11) is 0. The molecule has 3 saturated carbocycles. The summed E-state index contributed by atoms with van der Waals surface area (Å²) < 4.78 is 5.95. The lowest BCUT2D eigenvalue weighted by molar-refractivity contribution is -0.136. The highest BCUT2D eigenvalue weighted by atomic mass is 35.5. The predicted octanol–water partition coefficient (Wildman–Crippen LogP) is 4.57. The number of aliphatic hydroxyl groups is 1. The number of allylic oxidation sites excluding steroid dienone is 2. The number of aliphatic hydroxyl groups excluding tert-OH is 1. The third kappa shape index (κ3) is 4.07. The molecule has 1 heterocycles. The van der Waals surface area contributed by atoms with Crippen LogP contribution in [0.3, 0.4) is 0 Å². The lowest BCUT2D eigenvalue weighted by atomic mass is 9.58. The third-order valence-corrected chi connectivity index (χ3v) is 8.14. The number of carbonyl (C=O) groups is 2. The Balaban J connectivity index is 1.59. The van der Waals surface area contributed by atoms with Crippen LogP contribution in [0.4, 0.5) is 0 Å². The van der Waals surface area contributed by atoms with E-state index in [-0.39, 0.29) is 23.7 Å². The van der Waals surface area contributed by atoms with Gasteiger partial charge in [-0.1, -0.05) is 24.6 Å². The number of Topliss-reactive ketones (excluding diaryl/α,β-unsaturated/α-hetero) is 1. The summed E-state index contributed by atoms with van der Waals surface area (Å²) >= 11 is 6.05. The van der Waals surface area contributed by atoms with E-state index in [0.717, 1.165) is 30.5 Å². The van der Waals surface area contributed by atoms with Gasteiger partial charge < -0.3 is 15.2 Å². The van der Waals surface area contributed by atoms with Crippen LogP contribution in [0, 0.1) is 11.8 Å². The van der Waals surface area contributed by atoms with Crippen molar-refractivity contribution >= 4 is 23.3 Å². The Labute approximate surface area is 205 Å². The number of halogens is 1. The summed E-state index contributed by atoms with van der Waals surface area (Å²) in [5, 5.41) is 13.3. The van der Waals surface area contributed by atoms with Gasteiger partial charge in [0, 0.05) is 29.6 Å². The van der Waals surface area contributed by atoms with Crippen LogP contribution < -0.4 is 5.32 Å². The summed E-state index contributed by atoms with van der Waals surface area (Å²) in [5.74, 6) is 0.337. The van der Waals surface area contributed by atoms with Gasteiger partial charge in [-0.3, -0.25) is 14.5 Å². The van der Waals surface area contributed by atoms with E-state index in [9.17, 15) is 14.7 Å². The number of hydrogen-bond donors (Lipinski definition) is 2. The van der Waals surface area contributed by atoms with Crippen molar-refractivity contribution in [2.24, 2.45) is 11.8 Å². The normalized spacial score (nSPS) is 31.5. The molecule has 0 radical (unpaired) electrons. The molecule has 34 heavy (non-hydrogen) atoms. The lowest BCUT2D eigenvalue weighted by Gasteiger charge is -2.56. The quantitative estimate of drug-likeness (QED) is 0.556. The van der Waals surface area contributed by atoms with Crippen molar-refractivity contribution in [2.45, 2.75) is 56.7 Å². The van der Waals surface area contributed by atoms with E-state index in [0.29, 0.717) is 35.8 Å². The molecule has 3 fully saturated rings. The van der Waals surface area contributed by atoms with Crippen LogP contribution in [0.25, 0.3) is 0 Å². The first-order valence-electron chi connectivity index (χ1n) is 12.2. The van der Waals surface area contributed by atoms with Crippen LogP contribution in [0.2, 0.25) is 5.02 Å². The molecule has 3 unspecified atom stereocenters. The van der Waals surface area contributed by atoms with E-state index in [1.807, 2.05) is 6.08 Å². The van der Waals surface area contributed by atoms with Gasteiger partial charge in [-0.05, 0) is 79.6 Å². The molecular formula is C27H31ClN2O4. The molecule has 3 aliphatic carbocycles. The highest BCUT2D eigenvalue weighted by Gasteiger charge is 2.62. The topological polar surface area (TPSA) is 78.9 Å². The van der Waals surface area contributed by atoms with E-state index in [1.165, 1.54) is 12.8 Å². The van der Waals surface area contributed by atoms with Gasteiger partial charge >= 0.3 is 0 Å². The zero-order valence-electron chi connectivity index (χ0n) is 19.4. The van der Waals surface area contributed by atoms with Crippen molar-refractivity contribution in [1.82, 2.24) is 10.2 Å². The van der Waals surface area contributed by atoms with E-state index in [1.54, 1.807) is 36.6 Å². The minimum Gasteiger partial charge on any atom is -0.516 e. The first-order valence-corrected chi connectivity index (χ1v) is 12.5. The number of amides is 1. The van der Waals surface area contributed by atoms with Gasteiger partial charge in [0.15, 0.2) is 11.9 Å². The molecule has 1 aliphatic heterocycles. The minimum atomic E-state index is -0.636.